The SMILES string of the molecule is COc1ccc(Cl)c(C(=O)N2Cc3ccnn3C(CCN(C)C)C2)c1. The Bertz CT molecular complexity index is 759. The molecule has 7 heteroatoms. The van der Waals surface area contributed by atoms with E-state index in [0.717, 1.165) is 18.7 Å². The van der Waals surface area contributed by atoms with Crippen molar-refractivity contribution in [3.05, 3.63) is 46.7 Å². The fourth-order valence-electron chi connectivity index (χ4n) is 3.13. The molecule has 1 aliphatic rings. The molecule has 0 radical (unpaired) electrons. The Morgan fingerprint density at radius 2 is 2.20 bits per heavy atom. The summed E-state index contributed by atoms with van der Waals surface area (Å²) < 4.78 is 7.27. The van der Waals surface area contributed by atoms with E-state index in [1.54, 1.807) is 31.5 Å². The molecule has 1 atom stereocenters. The van der Waals surface area contributed by atoms with Crippen molar-refractivity contribution in [2.75, 3.05) is 34.3 Å². The summed E-state index contributed by atoms with van der Waals surface area (Å²) in [6.45, 7) is 2.09. The number of ether oxygens (including phenoxy) is 1. The average Bonchev–Trinajstić information content (AvgIpc) is 3.08. The highest BCUT2D eigenvalue weighted by Crippen LogP contribution is 2.28. The lowest BCUT2D eigenvalue weighted by atomic mass is 10.1. The Balaban J connectivity index is 1.84. The molecule has 25 heavy (non-hydrogen) atoms. The summed E-state index contributed by atoms with van der Waals surface area (Å²) in [5.41, 5.74) is 1.52. The highest BCUT2D eigenvalue weighted by molar-refractivity contribution is 6.33. The summed E-state index contributed by atoms with van der Waals surface area (Å²) in [4.78, 5) is 17.0. The Morgan fingerprint density at radius 1 is 1.40 bits per heavy atom. The van der Waals surface area contributed by atoms with Crippen LogP contribution in [-0.2, 0) is 6.54 Å². The fraction of sp³-hybridized carbons (Fsp3) is 0.444. The molecule has 0 aliphatic carbocycles. The van der Waals surface area contributed by atoms with E-state index in [4.69, 9.17) is 16.3 Å². The molecular formula is C18H23ClN4O2. The fourth-order valence-corrected chi connectivity index (χ4v) is 3.33. The molecule has 0 fully saturated rings. The molecule has 0 saturated carbocycles. The zero-order valence-electron chi connectivity index (χ0n) is 14.8. The molecular weight excluding hydrogens is 340 g/mol. The first-order valence-electron chi connectivity index (χ1n) is 8.29. The van der Waals surface area contributed by atoms with Gasteiger partial charge in [-0.15, -0.1) is 0 Å². The number of amides is 1. The standard InChI is InChI=1S/C18H23ClN4O2/c1-21(2)9-7-14-12-22(11-13-6-8-20-23(13)14)18(24)16-10-15(25-3)4-5-17(16)19/h4-6,8,10,14H,7,9,11-12H2,1-3H3. The van der Waals surface area contributed by atoms with E-state index in [2.05, 4.69) is 10.00 Å². The van der Waals surface area contributed by atoms with Crippen LogP contribution in [0.3, 0.4) is 0 Å². The lowest BCUT2D eigenvalue weighted by Gasteiger charge is -2.34. The molecule has 6 nitrogen and oxygen atoms in total. The Morgan fingerprint density at radius 3 is 2.92 bits per heavy atom. The van der Waals surface area contributed by atoms with Crippen molar-refractivity contribution < 1.29 is 9.53 Å². The third-order valence-corrected chi connectivity index (χ3v) is 4.81. The summed E-state index contributed by atoms with van der Waals surface area (Å²) in [5, 5.41) is 4.88. The third kappa shape index (κ3) is 3.80. The van der Waals surface area contributed by atoms with E-state index in [1.165, 1.54) is 0 Å². The number of carbonyl (C=O) groups is 1. The third-order valence-electron chi connectivity index (χ3n) is 4.48. The van der Waals surface area contributed by atoms with Crippen molar-refractivity contribution in [3.8, 4) is 5.75 Å². The lowest BCUT2D eigenvalue weighted by Crippen LogP contribution is -2.42. The zero-order chi connectivity index (χ0) is 18.0. The lowest BCUT2D eigenvalue weighted by molar-refractivity contribution is 0.0659. The van der Waals surface area contributed by atoms with Crippen LogP contribution in [0.1, 0.15) is 28.5 Å². The second kappa shape index (κ2) is 7.45. The van der Waals surface area contributed by atoms with Gasteiger partial charge in [-0.3, -0.25) is 9.48 Å². The number of fused-ring (bicyclic) bond motifs is 1. The van der Waals surface area contributed by atoms with E-state index in [-0.39, 0.29) is 11.9 Å². The van der Waals surface area contributed by atoms with Gasteiger partial charge >= 0.3 is 0 Å². The number of hydrogen-bond donors (Lipinski definition) is 0. The van der Waals surface area contributed by atoms with Crippen LogP contribution in [0.5, 0.6) is 5.75 Å². The summed E-state index contributed by atoms with van der Waals surface area (Å²) in [6, 6.07) is 7.28. The Hall–Kier alpha value is -2.05. The van der Waals surface area contributed by atoms with Gasteiger partial charge in [-0.1, -0.05) is 11.6 Å². The van der Waals surface area contributed by atoms with Crippen molar-refractivity contribution in [2.45, 2.75) is 19.0 Å². The van der Waals surface area contributed by atoms with Crippen molar-refractivity contribution in [1.29, 1.82) is 0 Å². The van der Waals surface area contributed by atoms with Gasteiger partial charge in [0.25, 0.3) is 5.91 Å². The average molecular weight is 363 g/mol. The second-order valence-electron chi connectivity index (χ2n) is 6.54. The summed E-state index contributed by atoms with van der Waals surface area (Å²) in [7, 11) is 5.67. The van der Waals surface area contributed by atoms with E-state index in [9.17, 15) is 4.79 Å². The van der Waals surface area contributed by atoms with Gasteiger partial charge in [0.05, 0.1) is 36.0 Å². The predicted octanol–water partition coefficient (Wildman–Crippen LogP) is 2.69. The number of carbonyl (C=O) groups excluding carboxylic acids is 1. The number of halogens is 1. The smallest absolute Gasteiger partial charge is 0.255 e. The molecule has 1 aromatic carbocycles. The van der Waals surface area contributed by atoms with Crippen LogP contribution in [0, 0.1) is 0 Å². The maximum absolute atomic E-state index is 13.0. The monoisotopic (exact) mass is 362 g/mol. The van der Waals surface area contributed by atoms with Crippen molar-refractivity contribution in [3.63, 3.8) is 0 Å². The maximum Gasteiger partial charge on any atom is 0.255 e. The summed E-state index contributed by atoms with van der Waals surface area (Å²) >= 11 is 6.26. The van der Waals surface area contributed by atoms with Gasteiger partial charge in [0.2, 0.25) is 0 Å². The quantitative estimate of drug-likeness (QED) is 0.820. The van der Waals surface area contributed by atoms with Crippen LogP contribution in [0.2, 0.25) is 5.02 Å². The van der Waals surface area contributed by atoms with Crippen molar-refractivity contribution in [2.24, 2.45) is 0 Å². The molecule has 1 aromatic heterocycles. The summed E-state index contributed by atoms with van der Waals surface area (Å²) in [5.74, 6) is 0.546. The zero-order valence-corrected chi connectivity index (χ0v) is 15.5. The van der Waals surface area contributed by atoms with Crippen LogP contribution in [0.15, 0.2) is 30.5 Å². The number of hydrogen-bond acceptors (Lipinski definition) is 4. The second-order valence-corrected chi connectivity index (χ2v) is 6.95. The van der Waals surface area contributed by atoms with Gasteiger partial charge in [0.15, 0.2) is 0 Å². The molecule has 134 valence electrons. The molecule has 1 amide bonds. The minimum Gasteiger partial charge on any atom is -0.497 e. The first-order chi connectivity index (χ1) is 12.0. The van der Waals surface area contributed by atoms with Gasteiger partial charge in [0, 0.05) is 12.7 Å². The van der Waals surface area contributed by atoms with Crippen LogP contribution >= 0.6 is 11.6 Å². The number of methoxy groups -OCH3 is 1. The molecule has 3 rings (SSSR count). The van der Waals surface area contributed by atoms with Crippen LogP contribution in [0.4, 0.5) is 0 Å². The molecule has 0 bridgehead atoms. The van der Waals surface area contributed by atoms with E-state index >= 15 is 0 Å². The van der Waals surface area contributed by atoms with Gasteiger partial charge in [0.1, 0.15) is 5.75 Å². The minimum atomic E-state index is -0.0776. The molecule has 0 N–H and O–H groups in total. The molecule has 2 aromatic rings. The van der Waals surface area contributed by atoms with E-state index in [0.29, 0.717) is 29.4 Å². The normalized spacial score (nSPS) is 16.8. The van der Waals surface area contributed by atoms with Gasteiger partial charge in [-0.2, -0.15) is 5.10 Å². The number of aromatic nitrogens is 2. The van der Waals surface area contributed by atoms with Crippen LogP contribution in [-0.4, -0.2) is 59.8 Å². The molecule has 0 spiro atoms. The van der Waals surface area contributed by atoms with Gasteiger partial charge < -0.3 is 14.5 Å². The molecule has 1 unspecified atom stereocenters. The Labute approximate surface area is 152 Å². The predicted molar refractivity (Wildman–Crippen MR) is 97.2 cm³/mol. The molecule has 2 heterocycles. The molecule has 1 aliphatic heterocycles. The van der Waals surface area contributed by atoms with Crippen molar-refractivity contribution in [1.82, 2.24) is 19.6 Å². The highest BCUT2D eigenvalue weighted by Gasteiger charge is 2.30. The maximum atomic E-state index is 13.0. The van der Waals surface area contributed by atoms with Crippen LogP contribution in [0.25, 0.3) is 0 Å². The highest BCUT2D eigenvalue weighted by atomic mass is 35.5. The first-order valence-corrected chi connectivity index (χ1v) is 8.67. The van der Waals surface area contributed by atoms with Crippen molar-refractivity contribution >= 4 is 17.5 Å². The number of rotatable bonds is 5. The van der Waals surface area contributed by atoms with Crippen LogP contribution < -0.4 is 4.74 Å². The van der Waals surface area contributed by atoms with E-state index in [1.807, 2.05) is 29.7 Å². The number of nitrogens with zero attached hydrogens (tertiary/aromatic N) is 4. The van der Waals surface area contributed by atoms with Gasteiger partial charge in [-0.25, -0.2) is 0 Å². The van der Waals surface area contributed by atoms with E-state index < -0.39 is 0 Å². The molecule has 0 saturated heterocycles. The first kappa shape index (κ1) is 17.8. The summed E-state index contributed by atoms with van der Waals surface area (Å²) in [6.07, 6.45) is 2.72. The minimum absolute atomic E-state index is 0.0776. The Kier molecular flexibility index (Phi) is 5.30. The van der Waals surface area contributed by atoms with Gasteiger partial charge in [-0.05, 0) is 51.3 Å². The largest absolute Gasteiger partial charge is 0.497 e. The number of benzene rings is 1. The topological polar surface area (TPSA) is 50.6 Å².